The second-order valence-electron chi connectivity index (χ2n) is 5.39. The lowest BCUT2D eigenvalue weighted by atomic mass is 9.89. The summed E-state index contributed by atoms with van der Waals surface area (Å²) in [7, 11) is 0. The van der Waals surface area contributed by atoms with Gasteiger partial charge in [0.05, 0.1) is 24.7 Å². The number of carbonyl (C=O) groups is 2. The number of carbonyl (C=O) groups excluding carboxylic acids is 1. The summed E-state index contributed by atoms with van der Waals surface area (Å²) in [5.74, 6) is -1.33. The van der Waals surface area contributed by atoms with Crippen LogP contribution in [0.3, 0.4) is 0 Å². The fourth-order valence-corrected chi connectivity index (χ4v) is 3.05. The van der Waals surface area contributed by atoms with E-state index in [4.69, 9.17) is 5.11 Å². The van der Waals surface area contributed by atoms with Crippen LogP contribution in [0.4, 0.5) is 0 Å². The average Bonchev–Trinajstić information content (AvgIpc) is 3.18. The third kappa shape index (κ3) is 4.38. The largest absolute Gasteiger partial charge is 0.481 e. The smallest absolute Gasteiger partial charge is 0.305 e. The van der Waals surface area contributed by atoms with E-state index in [-0.39, 0.29) is 12.1 Å². The van der Waals surface area contributed by atoms with Crippen LogP contribution in [0.5, 0.6) is 0 Å². The molecule has 124 valence electrons. The van der Waals surface area contributed by atoms with Gasteiger partial charge in [0.25, 0.3) is 5.91 Å². The minimum atomic E-state index is -0.935. The van der Waals surface area contributed by atoms with E-state index in [9.17, 15) is 9.59 Å². The Morgan fingerprint density at radius 3 is 2.70 bits per heavy atom. The number of nitrogens with zero attached hydrogens (tertiary/aromatic N) is 3. The molecule has 0 unspecified atom stereocenters. The number of rotatable bonds is 8. The summed E-state index contributed by atoms with van der Waals surface area (Å²) in [6, 6.07) is 3.94. The number of aliphatic carboxylic acids is 1. The Morgan fingerprint density at radius 1 is 1.39 bits per heavy atom. The summed E-state index contributed by atoms with van der Waals surface area (Å²) in [5, 5.41) is 21.7. The van der Waals surface area contributed by atoms with Gasteiger partial charge in [0, 0.05) is 4.88 Å². The van der Waals surface area contributed by atoms with Gasteiger partial charge in [-0.1, -0.05) is 25.1 Å². The topological polar surface area (TPSA) is 97.1 Å². The zero-order valence-electron chi connectivity index (χ0n) is 13.2. The van der Waals surface area contributed by atoms with Gasteiger partial charge in [0.1, 0.15) is 0 Å². The van der Waals surface area contributed by atoms with Crippen molar-refractivity contribution in [2.45, 2.75) is 45.2 Å². The van der Waals surface area contributed by atoms with Gasteiger partial charge < -0.3 is 10.4 Å². The Kier molecular flexibility index (Phi) is 5.49. The molecule has 0 bridgehead atoms. The standard InChI is InChI=1S/C15H20N4O3S/c1-3-15(4-2,8-13(20)21)16-14(22)12-10-19(18-17-12)9-11-6-5-7-23-11/h5-7,10H,3-4,8-9H2,1-2H3,(H,16,22)(H,20,21). The lowest BCUT2D eigenvalue weighted by molar-refractivity contribution is -0.138. The first kappa shape index (κ1) is 17.1. The SMILES string of the molecule is CCC(CC)(CC(=O)O)NC(=O)c1cn(Cc2cccs2)nn1. The zero-order valence-corrected chi connectivity index (χ0v) is 14.0. The van der Waals surface area contributed by atoms with Crippen molar-refractivity contribution in [3.05, 3.63) is 34.3 Å². The molecule has 2 aromatic heterocycles. The molecule has 0 radical (unpaired) electrons. The second kappa shape index (κ2) is 7.36. The molecular weight excluding hydrogens is 316 g/mol. The van der Waals surface area contributed by atoms with Crippen LogP contribution in [0.15, 0.2) is 23.7 Å². The van der Waals surface area contributed by atoms with Crippen LogP contribution in [0.2, 0.25) is 0 Å². The predicted octanol–water partition coefficient (Wildman–Crippen LogP) is 2.15. The molecule has 8 heteroatoms. The van der Waals surface area contributed by atoms with Gasteiger partial charge in [-0.3, -0.25) is 9.59 Å². The molecule has 0 aliphatic rings. The van der Waals surface area contributed by atoms with Crippen molar-refractivity contribution in [3.8, 4) is 0 Å². The van der Waals surface area contributed by atoms with Crippen LogP contribution in [-0.2, 0) is 11.3 Å². The molecule has 0 atom stereocenters. The molecular formula is C15H20N4O3S. The molecule has 2 aromatic rings. The normalized spacial score (nSPS) is 11.4. The highest BCUT2D eigenvalue weighted by molar-refractivity contribution is 7.09. The molecule has 0 saturated heterocycles. The highest BCUT2D eigenvalue weighted by Gasteiger charge is 2.32. The van der Waals surface area contributed by atoms with Crippen molar-refractivity contribution in [1.82, 2.24) is 20.3 Å². The number of amides is 1. The van der Waals surface area contributed by atoms with Crippen LogP contribution >= 0.6 is 11.3 Å². The van der Waals surface area contributed by atoms with Crippen molar-refractivity contribution in [2.24, 2.45) is 0 Å². The van der Waals surface area contributed by atoms with E-state index in [1.807, 2.05) is 31.4 Å². The maximum atomic E-state index is 12.4. The van der Waals surface area contributed by atoms with Gasteiger partial charge in [-0.2, -0.15) is 0 Å². The average molecular weight is 336 g/mol. The van der Waals surface area contributed by atoms with Crippen LogP contribution in [0, 0.1) is 0 Å². The van der Waals surface area contributed by atoms with E-state index in [0.717, 1.165) is 4.88 Å². The number of nitrogens with one attached hydrogen (secondary N) is 1. The van der Waals surface area contributed by atoms with Gasteiger partial charge >= 0.3 is 5.97 Å². The monoisotopic (exact) mass is 336 g/mol. The number of aromatic nitrogens is 3. The summed E-state index contributed by atoms with van der Waals surface area (Å²) < 4.78 is 1.59. The number of hydrogen-bond donors (Lipinski definition) is 2. The minimum Gasteiger partial charge on any atom is -0.481 e. The molecule has 2 N–H and O–H groups in total. The molecule has 0 aliphatic carbocycles. The van der Waals surface area contributed by atoms with E-state index in [1.54, 1.807) is 22.2 Å². The lowest BCUT2D eigenvalue weighted by Gasteiger charge is -2.30. The highest BCUT2D eigenvalue weighted by Crippen LogP contribution is 2.20. The van der Waals surface area contributed by atoms with E-state index >= 15 is 0 Å². The minimum absolute atomic E-state index is 0.116. The highest BCUT2D eigenvalue weighted by atomic mass is 32.1. The van der Waals surface area contributed by atoms with Crippen molar-refractivity contribution >= 4 is 23.2 Å². The quantitative estimate of drug-likeness (QED) is 0.770. The zero-order chi connectivity index (χ0) is 16.9. The summed E-state index contributed by atoms with van der Waals surface area (Å²) in [4.78, 5) is 24.5. The maximum absolute atomic E-state index is 12.4. The number of carboxylic acid groups (broad SMARTS) is 1. The number of hydrogen-bond acceptors (Lipinski definition) is 5. The molecule has 0 spiro atoms. The third-order valence-corrected chi connectivity index (χ3v) is 4.75. The Labute approximate surface area is 138 Å². The van der Waals surface area contributed by atoms with E-state index in [0.29, 0.717) is 19.4 Å². The van der Waals surface area contributed by atoms with Crippen molar-refractivity contribution in [3.63, 3.8) is 0 Å². The van der Waals surface area contributed by atoms with Gasteiger partial charge in [0.15, 0.2) is 5.69 Å². The summed E-state index contributed by atoms with van der Waals surface area (Å²) in [6.07, 6.45) is 2.52. The first-order valence-electron chi connectivity index (χ1n) is 7.45. The summed E-state index contributed by atoms with van der Waals surface area (Å²) >= 11 is 1.61. The molecule has 23 heavy (non-hydrogen) atoms. The van der Waals surface area contributed by atoms with Crippen molar-refractivity contribution < 1.29 is 14.7 Å². The summed E-state index contributed by atoms with van der Waals surface area (Å²) in [5.41, 5.74) is -0.571. The molecule has 0 saturated carbocycles. The van der Waals surface area contributed by atoms with Crippen molar-refractivity contribution in [1.29, 1.82) is 0 Å². The van der Waals surface area contributed by atoms with E-state index in [1.165, 1.54) is 0 Å². The number of thiophene rings is 1. The van der Waals surface area contributed by atoms with Crippen LogP contribution in [-0.4, -0.2) is 37.5 Å². The molecule has 1 amide bonds. The predicted molar refractivity (Wildman–Crippen MR) is 86.5 cm³/mol. The summed E-state index contributed by atoms with van der Waals surface area (Å²) in [6.45, 7) is 4.28. The first-order chi connectivity index (χ1) is 11.0. The fourth-order valence-electron chi connectivity index (χ4n) is 2.36. The van der Waals surface area contributed by atoms with E-state index < -0.39 is 17.4 Å². The fraction of sp³-hybridized carbons (Fsp3) is 0.467. The lowest BCUT2D eigenvalue weighted by Crippen LogP contribution is -2.49. The molecule has 0 fully saturated rings. The van der Waals surface area contributed by atoms with E-state index in [2.05, 4.69) is 15.6 Å². The molecule has 0 aliphatic heterocycles. The van der Waals surface area contributed by atoms with Crippen LogP contribution < -0.4 is 5.32 Å². The Morgan fingerprint density at radius 2 is 2.13 bits per heavy atom. The first-order valence-corrected chi connectivity index (χ1v) is 8.33. The molecule has 0 aromatic carbocycles. The van der Waals surface area contributed by atoms with Gasteiger partial charge in [-0.15, -0.1) is 16.4 Å². The van der Waals surface area contributed by atoms with Gasteiger partial charge in [-0.25, -0.2) is 4.68 Å². The molecule has 2 rings (SSSR count). The Balaban J connectivity index is 2.07. The van der Waals surface area contributed by atoms with Gasteiger partial charge in [-0.05, 0) is 24.3 Å². The molecule has 2 heterocycles. The van der Waals surface area contributed by atoms with Crippen LogP contribution in [0.25, 0.3) is 0 Å². The third-order valence-electron chi connectivity index (χ3n) is 3.89. The molecule has 7 nitrogen and oxygen atoms in total. The Bertz CT molecular complexity index is 662. The Hall–Kier alpha value is -2.22. The van der Waals surface area contributed by atoms with Crippen molar-refractivity contribution in [2.75, 3.05) is 0 Å². The second-order valence-corrected chi connectivity index (χ2v) is 6.43. The maximum Gasteiger partial charge on any atom is 0.305 e. The number of carboxylic acids is 1. The van der Waals surface area contributed by atoms with Gasteiger partial charge in [0.2, 0.25) is 0 Å². The van der Waals surface area contributed by atoms with Crippen LogP contribution in [0.1, 0.15) is 48.5 Å².